The number of carboxylic acid groups (broad SMARTS) is 1. The SMILES string of the molecule is CC(C)C[C@H](NC(=O)C1COCCN1)C(=O)O. The fourth-order valence-corrected chi connectivity index (χ4v) is 1.70. The number of amides is 1. The molecule has 1 saturated heterocycles. The molecule has 98 valence electrons. The molecule has 3 N–H and O–H groups in total. The van der Waals surface area contributed by atoms with Crippen LogP contribution in [-0.2, 0) is 14.3 Å². The average molecular weight is 244 g/mol. The van der Waals surface area contributed by atoms with Gasteiger partial charge in [0.15, 0.2) is 0 Å². The molecule has 1 unspecified atom stereocenters. The third-order valence-corrected chi connectivity index (χ3v) is 2.56. The number of carboxylic acids is 1. The molecule has 1 amide bonds. The Balaban J connectivity index is 2.47. The summed E-state index contributed by atoms with van der Waals surface area (Å²) in [4.78, 5) is 22.8. The molecule has 0 spiro atoms. The Labute approximate surface area is 101 Å². The molecular formula is C11H20N2O4. The lowest BCUT2D eigenvalue weighted by Gasteiger charge is -2.25. The van der Waals surface area contributed by atoms with Gasteiger partial charge in [0.1, 0.15) is 12.1 Å². The number of rotatable bonds is 5. The van der Waals surface area contributed by atoms with E-state index in [1.165, 1.54) is 0 Å². The van der Waals surface area contributed by atoms with Crippen LogP contribution in [-0.4, -0.2) is 48.8 Å². The van der Waals surface area contributed by atoms with Gasteiger partial charge in [0.25, 0.3) is 0 Å². The summed E-state index contributed by atoms with van der Waals surface area (Å²) in [6.45, 7) is 5.33. The normalized spacial score (nSPS) is 22.2. The predicted octanol–water partition coefficient (Wildman–Crippen LogP) is -0.410. The van der Waals surface area contributed by atoms with Gasteiger partial charge < -0.3 is 20.5 Å². The summed E-state index contributed by atoms with van der Waals surface area (Å²) in [6, 6.07) is -1.27. The van der Waals surface area contributed by atoms with Crippen molar-refractivity contribution in [2.75, 3.05) is 19.8 Å². The lowest BCUT2D eigenvalue weighted by Crippen LogP contribution is -2.54. The molecule has 1 aliphatic rings. The van der Waals surface area contributed by atoms with Crippen molar-refractivity contribution in [3.05, 3.63) is 0 Å². The molecule has 0 bridgehead atoms. The lowest BCUT2D eigenvalue weighted by atomic mass is 10.0. The number of hydrogen-bond donors (Lipinski definition) is 3. The van der Waals surface area contributed by atoms with Crippen LogP contribution in [0.1, 0.15) is 20.3 Å². The summed E-state index contributed by atoms with van der Waals surface area (Å²) in [7, 11) is 0. The molecule has 2 atom stereocenters. The Hall–Kier alpha value is -1.14. The first-order valence-corrected chi connectivity index (χ1v) is 5.85. The van der Waals surface area contributed by atoms with Crippen molar-refractivity contribution < 1.29 is 19.4 Å². The third kappa shape index (κ3) is 4.70. The number of carbonyl (C=O) groups excluding carboxylic acids is 1. The van der Waals surface area contributed by atoms with Gasteiger partial charge in [-0.2, -0.15) is 0 Å². The zero-order valence-electron chi connectivity index (χ0n) is 10.2. The van der Waals surface area contributed by atoms with Gasteiger partial charge in [-0.1, -0.05) is 13.8 Å². The second-order valence-electron chi connectivity index (χ2n) is 4.61. The van der Waals surface area contributed by atoms with Crippen molar-refractivity contribution in [1.82, 2.24) is 10.6 Å². The van der Waals surface area contributed by atoms with Crippen molar-refractivity contribution in [3.8, 4) is 0 Å². The van der Waals surface area contributed by atoms with E-state index in [9.17, 15) is 9.59 Å². The number of carbonyl (C=O) groups is 2. The van der Waals surface area contributed by atoms with Crippen LogP contribution in [0.15, 0.2) is 0 Å². The molecule has 0 aromatic carbocycles. The Morgan fingerprint density at radius 2 is 2.24 bits per heavy atom. The molecule has 6 heteroatoms. The first-order valence-electron chi connectivity index (χ1n) is 5.85. The Kier molecular flexibility index (Phi) is 5.37. The molecule has 1 rings (SSSR count). The minimum absolute atomic E-state index is 0.215. The molecule has 1 heterocycles. The van der Waals surface area contributed by atoms with E-state index in [1.807, 2.05) is 13.8 Å². The summed E-state index contributed by atoms with van der Waals surface area (Å²) in [6.07, 6.45) is 0.425. The maximum atomic E-state index is 11.8. The molecular weight excluding hydrogens is 224 g/mol. The molecule has 0 aliphatic carbocycles. The first-order chi connectivity index (χ1) is 8.00. The van der Waals surface area contributed by atoms with Gasteiger partial charge in [-0.25, -0.2) is 4.79 Å². The zero-order valence-corrected chi connectivity index (χ0v) is 10.2. The predicted molar refractivity (Wildman–Crippen MR) is 61.6 cm³/mol. The van der Waals surface area contributed by atoms with Gasteiger partial charge >= 0.3 is 5.97 Å². The Morgan fingerprint density at radius 1 is 1.53 bits per heavy atom. The van der Waals surface area contributed by atoms with E-state index >= 15 is 0 Å². The van der Waals surface area contributed by atoms with Crippen molar-refractivity contribution >= 4 is 11.9 Å². The van der Waals surface area contributed by atoms with Gasteiger partial charge in [-0.15, -0.1) is 0 Å². The Morgan fingerprint density at radius 3 is 2.71 bits per heavy atom. The zero-order chi connectivity index (χ0) is 12.8. The van der Waals surface area contributed by atoms with E-state index in [-0.39, 0.29) is 11.8 Å². The summed E-state index contributed by atoms with van der Waals surface area (Å²) in [5.74, 6) is -1.09. The summed E-state index contributed by atoms with van der Waals surface area (Å²) >= 11 is 0. The second-order valence-corrected chi connectivity index (χ2v) is 4.61. The van der Waals surface area contributed by atoms with Crippen molar-refractivity contribution in [2.24, 2.45) is 5.92 Å². The highest BCUT2D eigenvalue weighted by molar-refractivity contribution is 5.87. The smallest absolute Gasteiger partial charge is 0.326 e. The quantitative estimate of drug-likeness (QED) is 0.612. The minimum atomic E-state index is -0.997. The van der Waals surface area contributed by atoms with Crippen LogP contribution in [0.5, 0.6) is 0 Å². The second kappa shape index (κ2) is 6.56. The molecule has 6 nitrogen and oxygen atoms in total. The third-order valence-electron chi connectivity index (χ3n) is 2.56. The molecule has 1 aliphatic heterocycles. The van der Waals surface area contributed by atoms with Gasteiger partial charge in [0.05, 0.1) is 13.2 Å². The molecule has 0 aromatic rings. The van der Waals surface area contributed by atoms with Crippen LogP contribution in [0, 0.1) is 5.92 Å². The van der Waals surface area contributed by atoms with E-state index in [2.05, 4.69) is 10.6 Å². The highest BCUT2D eigenvalue weighted by Crippen LogP contribution is 2.05. The van der Waals surface area contributed by atoms with Gasteiger partial charge in [-0.05, 0) is 12.3 Å². The lowest BCUT2D eigenvalue weighted by molar-refractivity contribution is -0.143. The molecule has 0 aromatic heterocycles. The van der Waals surface area contributed by atoms with Crippen LogP contribution in [0.3, 0.4) is 0 Å². The minimum Gasteiger partial charge on any atom is -0.480 e. The number of nitrogens with one attached hydrogen (secondary N) is 2. The summed E-state index contributed by atoms with van der Waals surface area (Å²) in [5.41, 5.74) is 0. The first kappa shape index (κ1) is 13.9. The van der Waals surface area contributed by atoms with Gasteiger partial charge in [0, 0.05) is 6.54 Å². The maximum Gasteiger partial charge on any atom is 0.326 e. The largest absolute Gasteiger partial charge is 0.480 e. The van der Waals surface area contributed by atoms with Gasteiger partial charge in [-0.3, -0.25) is 4.79 Å². The van der Waals surface area contributed by atoms with E-state index in [4.69, 9.17) is 9.84 Å². The van der Waals surface area contributed by atoms with Crippen molar-refractivity contribution in [3.63, 3.8) is 0 Å². The van der Waals surface area contributed by atoms with Crippen LogP contribution >= 0.6 is 0 Å². The number of hydrogen-bond acceptors (Lipinski definition) is 4. The standard InChI is InChI=1S/C11H20N2O4/c1-7(2)5-8(11(15)16)13-10(14)9-6-17-4-3-12-9/h7-9,12H,3-6H2,1-2H3,(H,13,14)(H,15,16)/t8-,9?/m0/s1. The van der Waals surface area contributed by atoms with Crippen molar-refractivity contribution in [2.45, 2.75) is 32.4 Å². The number of ether oxygens (including phenoxy) is 1. The topological polar surface area (TPSA) is 87.7 Å². The maximum absolute atomic E-state index is 11.8. The number of aliphatic carboxylic acids is 1. The summed E-state index contributed by atoms with van der Waals surface area (Å²) in [5, 5.41) is 14.5. The molecule has 1 fully saturated rings. The number of morpholine rings is 1. The summed E-state index contributed by atoms with van der Waals surface area (Å²) < 4.78 is 5.16. The average Bonchev–Trinajstić information content (AvgIpc) is 2.28. The fourth-order valence-electron chi connectivity index (χ4n) is 1.70. The van der Waals surface area contributed by atoms with Crippen LogP contribution in [0.2, 0.25) is 0 Å². The molecule has 0 radical (unpaired) electrons. The fraction of sp³-hybridized carbons (Fsp3) is 0.818. The highest BCUT2D eigenvalue weighted by atomic mass is 16.5. The van der Waals surface area contributed by atoms with Crippen LogP contribution in [0.25, 0.3) is 0 Å². The van der Waals surface area contributed by atoms with Gasteiger partial charge in [0.2, 0.25) is 5.91 Å². The monoisotopic (exact) mass is 244 g/mol. The van der Waals surface area contributed by atoms with Crippen molar-refractivity contribution in [1.29, 1.82) is 0 Å². The molecule has 0 saturated carbocycles. The van der Waals surface area contributed by atoms with E-state index < -0.39 is 18.1 Å². The van der Waals surface area contributed by atoms with Crippen LogP contribution < -0.4 is 10.6 Å². The Bertz CT molecular complexity index is 275. The van der Waals surface area contributed by atoms with E-state index in [1.54, 1.807) is 0 Å². The highest BCUT2D eigenvalue weighted by Gasteiger charge is 2.26. The van der Waals surface area contributed by atoms with Crippen LogP contribution in [0.4, 0.5) is 0 Å². The molecule has 17 heavy (non-hydrogen) atoms. The van der Waals surface area contributed by atoms with E-state index in [0.717, 1.165) is 0 Å². The van der Waals surface area contributed by atoms with E-state index in [0.29, 0.717) is 26.2 Å².